The highest BCUT2D eigenvalue weighted by molar-refractivity contribution is 5.75. The number of aryl methyl sites for hydroxylation is 2. The predicted molar refractivity (Wildman–Crippen MR) is 116 cm³/mol. The van der Waals surface area contributed by atoms with E-state index in [2.05, 4.69) is 62.7 Å². The Morgan fingerprint density at radius 1 is 1.03 bits per heavy atom. The van der Waals surface area contributed by atoms with Gasteiger partial charge in [0.25, 0.3) is 0 Å². The van der Waals surface area contributed by atoms with Crippen LogP contribution >= 0.6 is 0 Å². The number of rotatable bonds is 7. The maximum absolute atomic E-state index is 9.62. The first-order valence-electron chi connectivity index (χ1n) is 10.6. The highest BCUT2D eigenvalue weighted by Crippen LogP contribution is 2.21. The van der Waals surface area contributed by atoms with Gasteiger partial charge in [0.1, 0.15) is 5.82 Å². The van der Waals surface area contributed by atoms with Crippen LogP contribution in [-0.4, -0.2) is 61.7 Å². The number of aliphatic hydroxyl groups excluding tert-OH is 1. The van der Waals surface area contributed by atoms with Gasteiger partial charge in [-0.3, -0.25) is 14.8 Å². The van der Waals surface area contributed by atoms with Gasteiger partial charge in [-0.2, -0.15) is 0 Å². The van der Waals surface area contributed by atoms with E-state index >= 15 is 0 Å². The van der Waals surface area contributed by atoms with Crippen molar-refractivity contribution in [1.82, 2.24) is 24.3 Å². The van der Waals surface area contributed by atoms with Crippen LogP contribution in [0.4, 0.5) is 0 Å². The van der Waals surface area contributed by atoms with Gasteiger partial charge in [-0.1, -0.05) is 18.2 Å². The number of pyridine rings is 1. The highest BCUT2D eigenvalue weighted by Gasteiger charge is 2.28. The standard InChI is InChI=1S/C23H31N5O/c1-3-28-22-10-5-4-9-21(22)25-23(28)17-26-12-13-27(20(16-26)11-14-29)15-19-8-6-7-18(2)24-19/h4-10,20,29H,3,11-17H2,1-2H3. The van der Waals surface area contributed by atoms with E-state index in [9.17, 15) is 5.11 Å². The van der Waals surface area contributed by atoms with E-state index in [1.54, 1.807) is 0 Å². The van der Waals surface area contributed by atoms with Crippen molar-refractivity contribution in [1.29, 1.82) is 0 Å². The monoisotopic (exact) mass is 393 g/mol. The molecule has 0 radical (unpaired) electrons. The predicted octanol–water partition coefficient (Wildman–Crippen LogP) is 2.83. The van der Waals surface area contributed by atoms with E-state index in [-0.39, 0.29) is 6.61 Å². The molecule has 0 aliphatic carbocycles. The Hall–Kier alpha value is -2.28. The molecule has 2 aromatic heterocycles. The number of fused-ring (bicyclic) bond motifs is 1. The number of nitrogens with zero attached hydrogens (tertiary/aromatic N) is 5. The van der Waals surface area contributed by atoms with E-state index in [1.807, 2.05) is 13.0 Å². The van der Waals surface area contributed by atoms with Gasteiger partial charge in [0.05, 0.1) is 23.3 Å². The summed E-state index contributed by atoms with van der Waals surface area (Å²) in [5.74, 6) is 1.13. The summed E-state index contributed by atoms with van der Waals surface area (Å²) >= 11 is 0. The van der Waals surface area contributed by atoms with Gasteiger partial charge < -0.3 is 9.67 Å². The zero-order valence-electron chi connectivity index (χ0n) is 17.5. The van der Waals surface area contributed by atoms with Gasteiger partial charge in [0.15, 0.2) is 0 Å². The molecule has 29 heavy (non-hydrogen) atoms. The van der Waals surface area contributed by atoms with Crippen molar-refractivity contribution >= 4 is 11.0 Å². The molecule has 6 heteroatoms. The summed E-state index contributed by atoms with van der Waals surface area (Å²) in [6, 6.07) is 14.9. The molecule has 1 N–H and O–H groups in total. The summed E-state index contributed by atoms with van der Waals surface area (Å²) in [6.07, 6.45) is 0.784. The lowest BCUT2D eigenvalue weighted by Gasteiger charge is -2.41. The molecule has 3 aromatic rings. The van der Waals surface area contributed by atoms with Crippen LogP contribution in [0.1, 0.15) is 30.6 Å². The van der Waals surface area contributed by atoms with Gasteiger partial charge >= 0.3 is 0 Å². The Morgan fingerprint density at radius 2 is 1.90 bits per heavy atom. The van der Waals surface area contributed by atoms with Crippen LogP contribution in [0.3, 0.4) is 0 Å². The minimum absolute atomic E-state index is 0.212. The van der Waals surface area contributed by atoms with Crippen molar-refractivity contribution in [3.63, 3.8) is 0 Å². The molecule has 154 valence electrons. The number of hydrogen-bond acceptors (Lipinski definition) is 5. The third-order valence-electron chi connectivity index (χ3n) is 5.88. The summed E-state index contributed by atoms with van der Waals surface area (Å²) in [7, 11) is 0. The second-order valence-electron chi connectivity index (χ2n) is 7.90. The third-order valence-corrected chi connectivity index (χ3v) is 5.88. The van der Waals surface area contributed by atoms with Crippen LogP contribution in [0.25, 0.3) is 11.0 Å². The highest BCUT2D eigenvalue weighted by atomic mass is 16.3. The van der Waals surface area contributed by atoms with Crippen LogP contribution < -0.4 is 0 Å². The fourth-order valence-corrected chi connectivity index (χ4v) is 4.43. The molecule has 6 nitrogen and oxygen atoms in total. The van der Waals surface area contributed by atoms with Crippen molar-refractivity contribution in [2.24, 2.45) is 0 Å². The lowest BCUT2D eigenvalue weighted by molar-refractivity contribution is 0.0475. The van der Waals surface area contributed by atoms with Gasteiger partial charge in [-0.05, 0) is 44.5 Å². The van der Waals surface area contributed by atoms with Crippen molar-refractivity contribution in [3.05, 3.63) is 59.7 Å². The number of piperazine rings is 1. The van der Waals surface area contributed by atoms with Crippen LogP contribution in [0.5, 0.6) is 0 Å². The summed E-state index contributed by atoms with van der Waals surface area (Å²) < 4.78 is 2.32. The molecule has 1 fully saturated rings. The minimum Gasteiger partial charge on any atom is -0.396 e. The molecule has 1 aliphatic heterocycles. The lowest BCUT2D eigenvalue weighted by Crippen LogP contribution is -2.52. The van der Waals surface area contributed by atoms with Crippen molar-refractivity contribution < 1.29 is 5.11 Å². The normalized spacial score (nSPS) is 18.5. The summed E-state index contributed by atoms with van der Waals surface area (Å²) in [4.78, 5) is 14.5. The largest absolute Gasteiger partial charge is 0.396 e. The maximum Gasteiger partial charge on any atom is 0.124 e. The maximum atomic E-state index is 9.62. The van der Waals surface area contributed by atoms with E-state index in [0.717, 1.165) is 68.4 Å². The van der Waals surface area contributed by atoms with E-state index in [0.29, 0.717) is 6.04 Å². The molecule has 1 aliphatic rings. The first kappa shape index (κ1) is 20.0. The van der Waals surface area contributed by atoms with Gasteiger partial charge in [0, 0.05) is 51.1 Å². The molecular formula is C23H31N5O. The SMILES string of the molecule is CCn1c(CN2CCN(Cc3cccc(C)n3)C(CCO)C2)nc2ccccc21. The number of imidazole rings is 1. The van der Waals surface area contributed by atoms with E-state index in [4.69, 9.17) is 4.98 Å². The Morgan fingerprint density at radius 3 is 2.69 bits per heavy atom. The van der Waals surface area contributed by atoms with Crippen molar-refractivity contribution in [3.8, 4) is 0 Å². The smallest absolute Gasteiger partial charge is 0.124 e. The first-order chi connectivity index (χ1) is 14.2. The molecule has 0 spiro atoms. The second kappa shape index (κ2) is 9.03. The molecule has 1 unspecified atom stereocenters. The zero-order valence-corrected chi connectivity index (χ0v) is 17.5. The average molecular weight is 394 g/mol. The fourth-order valence-electron chi connectivity index (χ4n) is 4.43. The van der Waals surface area contributed by atoms with Crippen LogP contribution in [0.2, 0.25) is 0 Å². The number of hydrogen-bond donors (Lipinski definition) is 1. The van der Waals surface area contributed by atoms with Gasteiger partial charge in [0.2, 0.25) is 0 Å². The molecule has 1 aromatic carbocycles. The number of para-hydroxylation sites is 2. The Balaban J connectivity index is 1.47. The first-order valence-corrected chi connectivity index (χ1v) is 10.6. The third kappa shape index (κ3) is 4.50. The number of aromatic nitrogens is 3. The summed E-state index contributed by atoms with van der Waals surface area (Å²) in [6.45, 7) is 9.96. The Bertz CT molecular complexity index is 953. The summed E-state index contributed by atoms with van der Waals surface area (Å²) in [5, 5.41) is 9.62. The molecule has 0 amide bonds. The molecule has 0 saturated carbocycles. The Labute approximate surface area is 172 Å². The lowest BCUT2D eigenvalue weighted by atomic mass is 10.1. The molecular weight excluding hydrogens is 362 g/mol. The van der Waals surface area contributed by atoms with E-state index < -0.39 is 0 Å². The molecule has 3 heterocycles. The molecule has 1 saturated heterocycles. The van der Waals surface area contributed by atoms with Gasteiger partial charge in [-0.15, -0.1) is 0 Å². The molecule has 4 rings (SSSR count). The molecule has 1 atom stereocenters. The van der Waals surface area contributed by atoms with Gasteiger partial charge in [-0.25, -0.2) is 4.98 Å². The molecule has 0 bridgehead atoms. The quantitative estimate of drug-likeness (QED) is 0.669. The fraction of sp³-hybridized carbons (Fsp3) is 0.478. The van der Waals surface area contributed by atoms with Crippen LogP contribution in [0, 0.1) is 6.92 Å². The van der Waals surface area contributed by atoms with E-state index in [1.165, 1.54) is 5.52 Å². The minimum atomic E-state index is 0.212. The number of benzene rings is 1. The second-order valence-corrected chi connectivity index (χ2v) is 7.90. The Kier molecular flexibility index (Phi) is 6.23. The van der Waals surface area contributed by atoms with Crippen LogP contribution in [0.15, 0.2) is 42.5 Å². The zero-order chi connectivity index (χ0) is 20.2. The topological polar surface area (TPSA) is 57.4 Å². The number of aliphatic hydroxyl groups is 1. The average Bonchev–Trinajstić information content (AvgIpc) is 3.07. The van der Waals surface area contributed by atoms with Crippen LogP contribution in [-0.2, 0) is 19.6 Å². The van der Waals surface area contributed by atoms with Crippen molar-refractivity contribution in [2.75, 3.05) is 26.2 Å². The summed E-state index contributed by atoms with van der Waals surface area (Å²) in [5.41, 5.74) is 4.44. The van der Waals surface area contributed by atoms with Crippen molar-refractivity contribution in [2.45, 2.75) is 45.9 Å².